The Labute approximate surface area is 103 Å². The van der Waals surface area contributed by atoms with Crippen LogP contribution in [0.1, 0.15) is 24.0 Å². The Morgan fingerprint density at radius 1 is 1.35 bits per heavy atom. The molecule has 0 spiro atoms. The largest absolute Gasteiger partial charge is 0.493 e. The van der Waals surface area contributed by atoms with Crippen molar-refractivity contribution in [2.24, 2.45) is 11.7 Å². The molecule has 3 heteroatoms. The molecule has 0 unspecified atom stereocenters. The van der Waals surface area contributed by atoms with Gasteiger partial charge in [-0.1, -0.05) is 6.07 Å². The minimum Gasteiger partial charge on any atom is -0.493 e. The van der Waals surface area contributed by atoms with Crippen LogP contribution in [-0.2, 0) is 11.3 Å². The van der Waals surface area contributed by atoms with E-state index in [2.05, 4.69) is 19.1 Å². The first-order chi connectivity index (χ1) is 8.29. The zero-order valence-electron chi connectivity index (χ0n) is 10.4. The molecule has 0 amide bonds. The molecule has 1 saturated heterocycles. The van der Waals surface area contributed by atoms with E-state index in [1.807, 2.05) is 6.07 Å². The third-order valence-corrected chi connectivity index (χ3v) is 3.36. The van der Waals surface area contributed by atoms with Crippen LogP contribution in [0.2, 0.25) is 0 Å². The monoisotopic (exact) mass is 235 g/mol. The lowest BCUT2D eigenvalue weighted by atomic mass is 10.0. The van der Waals surface area contributed by atoms with Gasteiger partial charge in [0.05, 0.1) is 6.61 Å². The molecule has 0 saturated carbocycles. The van der Waals surface area contributed by atoms with Gasteiger partial charge in [0.1, 0.15) is 5.75 Å². The van der Waals surface area contributed by atoms with Gasteiger partial charge in [0.25, 0.3) is 0 Å². The van der Waals surface area contributed by atoms with Crippen LogP contribution in [0, 0.1) is 12.8 Å². The Morgan fingerprint density at radius 3 is 2.76 bits per heavy atom. The van der Waals surface area contributed by atoms with Crippen molar-refractivity contribution in [1.29, 1.82) is 0 Å². The van der Waals surface area contributed by atoms with Gasteiger partial charge in [-0.25, -0.2) is 0 Å². The molecular weight excluding hydrogens is 214 g/mol. The van der Waals surface area contributed by atoms with Gasteiger partial charge < -0.3 is 15.2 Å². The highest BCUT2D eigenvalue weighted by Crippen LogP contribution is 2.20. The molecule has 1 fully saturated rings. The maximum Gasteiger partial charge on any atom is 0.119 e. The van der Waals surface area contributed by atoms with Gasteiger partial charge in [-0.2, -0.15) is 0 Å². The summed E-state index contributed by atoms with van der Waals surface area (Å²) in [7, 11) is 0. The lowest BCUT2D eigenvalue weighted by Gasteiger charge is -2.22. The van der Waals surface area contributed by atoms with E-state index in [0.717, 1.165) is 38.4 Å². The van der Waals surface area contributed by atoms with Crippen LogP contribution in [0.15, 0.2) is 18.2 Å². The third kappa shape index (κ3) is 3.45. The van der Waals surface area contributed by atoms with Gasteiger partial charge in [0, 0.05) is 19.8 Å². The average molecular weight is 235 g/mol. The number of hydrogen-bond donors (Lipinski definition) is 1. The van der Waals surface area contributed by atoms with Gasteiger partial charge in [-0.3, -0.25) is 0 Å². The molecule has 94 valence electrons. The fraction of sp³-hybridized carbons (Fsp3) is 0.571. The van der Waals surface area contributed by atoms with E-state index < -0.39 is 0 Å². The lowest BCUT2D eigenvalue weighted by molar-refractivity contribution is 0.0497. The van der Waals surface area contributed by atoms with Crippen LogP contribution in [0.5, 0.6) is 5.75 Å². The standard InChI is InChI=1S/C14H21NO2/c1-11-8-14(3-2-13(11)9-15)17-10-12-4-6-16-7-5-12/h2-3,8,12H,4-7,9-10,15H2,1H3. The van der Waals surface area contributed by atoms with Crippen molar-refractivity contribution in [1.82, 2.24) is 0 Å². The van der Waals surface area contributed by atoms with Crippen molar-refractivity contribution < 1.29 is 9.47 Å². The van der Waals surface area contributed by atoms with Crippen molar-refractivity contribution in [3.63, 3.8) is 0 Å². The van der Waals surface area contributed by atoms with Crippen LogP contribution >= 0.6 is 0 Å². The molecule has 1 heterocycles. The molecule has 1 aliphatic rings. The molecule has 0 radical (unpaired) electrons. The van der Waals surface area contributed by atoms with E-state index >= 15 is 0 Å². The third-order valence-electron chi connectivity index (χ3n) is 3.36. The summed E-state index contributed by atoms with van der Waals surface area (Å²) in [5.74, 6) is 1.59. The van der Waals surface area contributed by atoms with Crippen molar-refractivity contribution in [2.45, 2.75) is 26.3 Å². The van der Waals surface area contributed by atoms with Crippen LogP contribution in [0.3, 0.4) is 0 Å². The van der Waals surface area contributed by atoms with Gasteiger partial charge in [-0.05, 0) is 48.9 Å². The second kappa shape index (κ2) is 6.03. The molecule has 0 bridgehead atoms. The summed E-state index contributed by atoms with van der Waals surface area (Å²) in [6, 6.07) is 6.13. The molecule has 1 aromatic carbocycles. The maximum absolute atomic E-state index is 5.83. The predicted octanol–water partition coefficient (Wildman–Crippen LogP) is 2.26. The summed E-state index contributed by atoms with van der Waals surface area (Å²) in [5.41, 5.74) is 8.03. The topological polar surface area (TPSA) is 44.5 Å². The summed E-state index contributed by atoms with van der Waals surface area (Å²) >= 11 is 0. The minimum atomic E-state index is 0.589. The first-order valence-electron chi connectivity index (χ1n) is 6.29. The van der Waals surface area contributed by atoms with E-state index in [1.54, 1.807) is 0 Å². The molecule has 2 rings (SSSR count). The Kier molecular flexibility index (Phi) is 4.40. The molecule has 1 aromatic rings. The van der Waals surface area contributed by atoms with E-state index in [-0.39, 0.29) is 0 Å². The summed E-state index contributed by atoms with van der Waals surface area (Å²) < 4.78 is 11.2. The zero-order chi connectivity index (χ0) is 12.1. The Morgan fingerprint density at radius 2 is 2.12 bits per heavy atom. The smallest absolute Gasteiger partial charge is 0.119 e. The Hall–Kier alpha value is -1.06. The van der Waals surface area contributed by atoms with Crippen molar-refractivity contribution in [3.8, 4) is 5.75 Å². The normalized spacial score (nSPS) is 17.1. The van der Waals surface area contributed by atoms with E-state index in [9.17, 15) is 0 Å². The van der Waals surface area contributed by atoms with Crippen LogP contribution < -0.4 is 10.5 Å². The maximum atomic E-state index is 5.83. The van der Waals surface area contributed by atoms with Gasteiger partial charge in [0.2, 0.25) is 0 Å². The van der Waals surface area contributed by atoms with E-state index in [1.165, 1.54) is 11.1 Å². The number of ether oxygens (including phenoxy) is 2. The fourth-order valence-electron chi connectivity index (χ4n) is 2.11. The lowest BCUT2D eigenvalue weighted by Crippen LogP contribution is -2.21. The quantitative estimate of drug-likeness (QED) is 0.870. The van der Waals surface area contributed by atoms with Crippen LogP contribution in [-0.4, -0.2) is 19.8 Å². The first kappa shape index (κ1) is 12.4. The zero-order valence-corrected chi connectivity index (χ0v) is 10.4. The number of benzene rings is 1. The molecule has 2 N–H and O–H groups in total. The SMILES string of the molecule is Cc1cc(OCC2CCOCC2)ccc1CN. The highest BCUT2D eigenvalue weighted by molar-refractivity contribution is 5.34. The van der Waals surface area contributed by atoms with Gasteiger partial charge in [0.15, 0.2) is 0 Å². The number of rotatable bonds is 4. The summed E-state index contributed by atoms with van der Waals surface area (Å²) in [6.07, 6.45) is 2.22. The fourth-order valence-corrected chi connectivity index (χ4v) is 2.11. The molecule has 1 aliphatic heterocycles. The predicted molar refractivity (Wildman–Crippen MR) is 68.1 cm³/mol. The van der Waals surface area contributed by atoms with Crippen LogP contribution in [0.4, 0.5) is 0 Å². The molecule has 0 atom stereocenters. The van der Waals surface area contributed by atoms with Crippen molar-refractivity contribution in [3.05, 3.63) is 29.3 Å². The van der Waals surface area contributed by atoms with Crippen LogP contribution in [0.25, 0.3) is 0 Å². The summed E-state index contributed by atoms with van der Waals surface area (Å²) in [5, 5.41) is 0. The second-order valence-corrected chi connectivity index (χ2v) is 4.66. The molecular formula is C14H21NO2. The minimum absolute atomic E-state index is 0.589. The highest BCUT2D eigenvalue weighted by atomic mass is 16.5. The second-order valence-electron chi connectivity index (χ2n) is 4.66. The van der Waals surface area contributed by atoms with Crippen molar-refractivity contribution in [2.75, 3.05) is 19.8 Å². The Balaban J connectivity index is 1.87. The van der Waals surface area contributed by atoms with Crippen molar-refractivity contribution >= 4 is 0 Å². The van der Waals surface area contributed by atoms with Gasteiger partial charge in [-0.15, -0.1) is 0 Å². The van der Waals surface area contributed by atoms with Gasteiger partial charge >= 0.3 is 0 Å². The Bertz CT molecular complexity index is 359. The highest BCUT2D eigenvalue weighted by Gasteiger charge is 2.14. The molecule has 3 nitrogen and oxygen atoms in total. The number of nitrogens with two attached hydrogens (primary N) is 1. The summed E-state index contributed by atoms with van der Waals surface area (Å²) in [6.45, 7) is 5.21. The average Bonchev–Trinajstić information content (AvgIpc) is 2.38. The summed E-state index contributed by atoms with van der Waals surface area (Å²) in [4.78, 5) is 0. The first-order valence-corrected chi connectivity index (χ1v) is 6.29. The molecule has 0 aliphatic carbocycles. The molecule has 17 heavy (non-hydrogen) atoms. The van der Waals surface area contributed by atoms with E-state index in [4.69, 9.17) is 15.2 Å². The number of aryl methyl sites for hydroxylation is 1. The number of hydrogen-bond acceptors (Lipinski definition) is 3. The van der Waals surface area contributed by atoms with E-state index in [0.29, 0.717) is 12.5 Å². The molecule has 0 aromatic heterocycles.